The molecule has 0 radical (unpaired) electrons. The van der Waals surface area contributed by atoms with Gasteiger partial charge in [0.05, 0.1) is 18.2 Å². The van der Waals surface area contributed by atoms with E-state index in [2.05, 4.69) is 26.1 Å². The molecule has 4 rings (SSSR count). The predicted molar refractivity (Wildman–Crippen MR) is 123 cm³/mol. The van der Waals surface area contributed by atoms with Crippen molar-refractivity contribution in [3.05, 3.63) is 53.9 Å². The molecule has 32 heavy (non-hydrogen) atoms. The van der Waals surface area contributed by atoms with Crippen LogP contribution in [0.5, 0.6) is 5.75 Å². The van der Waals surface area contributed by atoms with Crippen molar-refractivity contribution in [1.82, 2.24) is 19.8 Å². The Morgan fingerprint density at radius 2 is 2.09 bits per heavy atom. The van der Waals surface area contributed by atoms with E-state index in [0.29, 0.717) is 36.7 Å². The molecule has 164 valence electrons. The number of amides is 1. The maximum Gasteiger partial charge on any atom is 0.408 e. The summed E-state index contributed by atoms with van der Waals surface area (Å²) in [5.74, 6) is 3.81. The van der Waals surface area contributed by atoms with Gasteiger partial charge in [0.2, 0.25) is 0 Å². The molecule has 2 N–H and O–H groups in total. The molecule has 1 unspecified atom stereocenters. The zero-order valence-electron chi connectivity index (χ0n) is 18.3. The highest BCUT2D eigenvalue weighted by Crippen LogP contribution is 2.40. The van der Waals surface area contributed by atoms with Crippen molar-refractivity contribution in [1.29, 1.82) is 0 Å². The molecular formula is C24H25N5O3. The number of methoxy groups -OCH3 is 1. The molecule has 1 fully saturated rings. The number of benzene rings is 2. The largest absolute Gasteiger partial charge is 0.496 e. The van der Waals surface area contributed by atoms with Crippen molar-refractivity contribution in [2.45, 2.75) is 12.5 Å². The van der Waals surface area contributed by atoms with E-state index in [1.807, 2.05) is 50.4 Å². The Kier molecular flexibility index (Phi) is 5.59. The number of hydrogen-bond acceptors (Lipinski definition) is 6. The molecule has 1 saturated heterocycles. The molecule has 0 aliphatic carbocycles. The third-order valence-electron chi connectivity index (χ3n) is 5.94. The van der Waals surface area contributed by atoms with Gasteiger partial charge in [-0.3, -0.25) is 4.90 Å². The number of anilines is 2. The average molecular weight is 431 g/mol. The molecular weight excluding hydrogens is 406 g/mol. The molecule has 1 aliphatic rings. The second-order valence-corrected chi connectivity index (χ2v) is 8.09. The third kappa shape index (κ3) is 3.79. The highest BCUT2D eigenvalue weighted by molar-refractivity contribution is 5.92. The lowest BCUT2D eigenvalue weighted by atomic mass is 9.86. The monoisotopic (exact) mass is 431 g/mol. The number of likely N-dealkylation sites (N-methyl/N-ethyl adjacent to an activating group) is 1. The summed E-state index contributed by atoms with van der Waals surface area (Å²) < 4.78 is 5.68. The summed E-state index contributed by atoms with van der Waals surface area (Å²) in [6, 6.07) is 11.3. The fraction of sp³-hybridized carbons (Fsp3) is 0.292. The van der Waals surface area contributed by atoms with Gasteiger partial charge in [0.1, 0.15) is 17.9 Å². The Morgan fingerprint density at radius 3 is 2.81 bits per heavy atom. The van der Waals surface area contributed by atoms with Crippen LogP contribution in [0.4, 0.5) is 16.3 Å². The van der Waals surface area contributed by atoms with Crippen molar-refractivity contribution in [3.8, 4) is 18.1 Å². The lowest BCUT2D eigenvalue weighted by Gasteiger charge is -2.47. The molecule has 1 aliphatic heterocycles. The third-order valence-corrected chi connectivity index (χ3v) is 5.94. The minimum absolute atomic E-state index is 0.402. The molecule has 8 nitrogen and oxygen atoms in total. The van der Waals surface area contributed by atoms with Gasteiger partial charge in [-0.25, -0.2) is 14.8 Å². The molecule has 0 saturated carbocycles. The van der Waals surface area contributed by atoms with Gasteiger partial charge < -0.3 is 20.1 Å². The van der Waals surface area contributed by atoms with Crippen molar-refractivity contribution in [3.63, 3.8) is 0 Å². The lowest BCUT2D eigenvalue weighted by molar-refractivity contribution is 0.0220. The Labute approximate surface area is 186 Å². The topological polar surface area (TPSA) is 90.8 Å². The van der Waals surface area contributed by atoms with Crippen LogP contribution in [0, 0.1) is 12.3 Å². The summed E-state index contributed by atoms with van der Waals surface area (Å²) in [6.07, 6.45) is 6.05. The minimum Gasteiger partial charge on any atom is -0.496 e. The number of rotatable bonds is 4. The van der Waals surface area contributed by atoms with E-state index in [0.717, 1.165) is 22.2 Å². The van der Waals surface area contributed by atoms with Gasteiger partial charge in [0.25, 0.3) is 0 Å². The SMILES string of the molecule is C#Cc1cccc(Nc2ncnc3cc(OC)c(C4(C)CN(C)CCN4C(=O)O)cc23)c1. The first kappa shape index (κ1) is 21.4. The van der Waals surface area contributed by atoms with Crippen LogP contribution in [0.1, 0.15) is 18.1 Å². The second kappa shape index (κ2) is 8.36. The van der Waals surface area contributed by atoms with Gasteiger partial charge in [-0.05, 0) is 38.2 Å². The molecule has 2 heterocycles. The fourth-order valence-corrected chi connectivity index (χ4v) is 4.34. The van der Waals surface area contributed by atoms with E-state index in [4.69, 9.17) is 11.2 Å². The van der Waals surface area contributed by atoms with Crippen LogP contribution < -0.4 is 10.1 Å². The number of piperazine rings is 1. The highest BCUT2D eigenvalue weighted by Gasteiger charge is 2.43. The van der Waals surface area contributed by atoms with Gasteiger partial charge in [0.15, 0.2) is 0 Å². The summed E-state index contributed by atoms with van der Waals surface area (Å²) >= 11 is 0. The van der Waals surface area contributed by atoms with E-state index >= 15 is 0 Å². The summed E-state index contributed by atoms with van der Waals surface area (Å²) in [5.41, 5.74) is 2.19. The van der Waals surface area contributed by atoms with Crippen LogP contribution >= 0.6 is 0 Å². The number of terminal acetylenes is 1. The maximum absolute atomic E-state index is 12.1. The zero-order chi connectivity index (χ0) is 22.9. The quantitative estimate of drug-likeness (QED) is 0.611. The first-order valence-corrected chi connectivity index (χ1v) is 10.2. The number of carboxylic acid groups (broad SMARTS) is 1. The number of aromatic nitrogens is 2. The fourth-order valence-electron chi connectivity index (χ4n) is 4.34. The predicted octanol–water partition coefficient (Wildman–Crippen LogP) is 3.50. The van der Waals surface area contributed by atoms with Crippen LogP contribution in [-0.4, -0.2) is 64.8 Å². The first-order chi connectivity index (χ1) is 15.4. The average Bonchev–Trinajstić information content (AvgIpc) is 2.78. The van der Waals surface area contributed by atoms with Crippen LogP contribution in [0.2, 0.25) is 0 Å². The van der Waals surface area contributed by atoms with Crippen LogP contribution in [0.15, 0.2) is 42.7 Å². The summed E-state index contributed by atoms with van der Waals surface area (Å²) in [7, 11) is 3.57. The standard InChI is InChI=1S/C24H25N5O3/c1-5-16-7-6-8-17(11-16)27-22-18-12-19(21(32-4)13-20(18)25-15-26-22)24(2)14-28(3)9-10-29(24)23(30)31/h1,6-8,11-13,15H,9-10,14H2,2-4H3,(H,30,31)(H,25,26,27). The molecule has 2 aromatic carbocycles. The van der Waals surface area contributed by atoms with E-state index in [9.17, 15) is 9.90 Å². The zero-order valence-corrected chi connectivity index (χ0v) is 18.3. The van der Waals surface area contributed by atoms with Crippen molar-refractivity contribution in [2.24, 2.45) is 0 Å². The number of hydrogen-bond donors (Lipinski definition) is 2. The first-order valence-electron chi connectivity index (χ1n) is 10.2. The molecule has 8 heteroatoms. The Balaban J connectivity index is 1.87. The number of nitrogens with one attached hydrogen (secondary N) is 1. The molecule has 3 aromatic rings. The summed E-state index contributed by atoms with van der Waals surface area (Å²) in [4.78, 5) is 24.5. The van der Waals surface area contributed by atoms with E-state index in [1.165, 1.54) is 11.2 Å². The van der Waals surface area contributed by atoms with Gasteiger partial charge in [0, 0.05) is 47.9 Å². The molecule has 1 atom stereocenters. The maximum atomic E-state index is 12.1. The normalized spacial score (nSPS) is 18.9. The van der Waals surface area contributed by atoms with Crippen molar-refractivity contribution < 1.29 is 14.6 Å². The lowest BCUT2D eigenvalue weighted by Crippen LogP contribution is -2.59. The van der Waals surface area contributed by atoms with E-state index < -0.39 is 11.6 Å². The smallest absolute Gasteiger partial charge is 0.408 e. The number of ether oxygens (including phenoxy) is 1. The molecule has 0 bridgehead atoms. The molecule has 1 aromatic heterocycles. The highest BCUT2D eigenvalue weighted by atomic mass is 16.5. The van der Waals surface area contributed by atoms with Gasteiger partial charge >= 0.3 is 6.09 Å². The van der Waals surface area contributed by atoms with Crippen molar-refractivity contribution in [2.75, 3.05) is 39.1 Å². The van der Waals surface area contributed by atoms with Crippen LogP contribution in [-0.2, 0) is 5.54 Å². The van der Waals surface area contributed by atoms with Crippen molar-refractivity contribution >= 4 is 28.5 Å². The van der Waals surface area contributed by atoms with Crippen LogP contribution in [0.25, 0.3) is 10.9 Å². The number of carbonyl (C=O) groups is 1. The van der Waals surface area contributed by atoms with E-state index in [-0.39, 0.29) is 0 Å². The number of nitrogens with zero attached hydrogens (tertiary/aromatic N) is 4. The van der Waals surface area contributed by atoms with Gasteiger partial charge in [-0.2, -0.15) is 0 Å². The summed E-state index contributed by atoms with van der Waals surface area (Å²) in [6.45, 7) is 3.52. The Bertz CT molecular complexity index is 1220. The molecule has 0 spiro atoms. The van der Waals surface area contributed by atoms with E-state index in [1.54, 1.807) is 7.11 Å². The second-order valence-electron chi connectivity index (χ2n) is 8.09. The number of fused-ring (bicyclic) bond motifs is 1. The summed E-state index contributed by atoms with van der Waals surface area (Å²) in [5, 5.41) is 14.0. The Hall–Kier alpha value is -3.83. The molecule has 1 amide bonds. The van der Waals surface area contributed by atoms with Crippen LogP contribution in [0.3, 0.4) is 0 Å². The van der Waals surface area contributed by atoms with Gasteiger partial charge in [-0.1, -0.05) is 12.0 Å². The Morgan fingerprint density at radius 1 is 1.28 bits per heavy atom. The van der Waals surface area contributed by atoms with Gasteiger partial charge in [-0.15, -0.1) is 6.42 Å². The minimum atomic E-state index is -0.962.